The van der Waals surface area contributed by atoms with E-state index in [0.717, 1.165) is 5.56 Å². The normalized spacial score (nSPS) is 14.1. The van der Waals surface area contributed by atoms with E-state index in [2.05, 4.69) is 5.32 Å². The topological polar surface area (TPSA) is 75.4 Å². The molecule has 1 amide bonds. The lowest BCUT2D eigenvalue weighted by Gasteiger charge is -2.17. The fraction of sp³-hybridized carbons (Fsp3) is 0.462. The second-order valence-corrected chi connectivity index (χ2v) is 4.23. The fourth-order valence-electron chi connectivity index (χ4n) is 1.54. The second-order valence-electron chi connectivity index (χ2n) is 4.23. The van der Waals surface area contributed by atoms with Crippen LogP contribution >= 0.6 is 0 Å². The van der Waals surface area contributed by atoms with Gasteiger partial charge in [0.05, 0.1) is 12.6 Å². The van der Waals surface area contributed by atoms with E-state index in [4.69, 9.17) is 5.73 Å². The Bertz CT molecular complexity index is 339. The molecule has 0 fully saturated rings. The number of aliphatic hydroxyl groups is 1. The summed E-state index contributed by atoms with van der Waals surface area (Å²) in [7, 11) is 0. The van der Waals surface area contributed by atoms with Gasteiger partial charge in [-0.2, -0.15) is 0 Å². The number of nitrogens with one attached hydrogen (secondary N) is 1. The van der Waals surface area contributed by atoms with Crippen molar-refractivity contribution in [1.82, 2.24) is 5.32 Å². The molecule has 0 heterocycles. The monoisotopic (exact) mass is 236 g/mol. The summed E-state index contributed by atoms with van der Waals surface area (Å²) in [6.45, 7) is 1.77. The highest BCUT2D eigenvalue weighted by Crippen LogP contribution is 2.11. The van der Waals surface area contributed by atoms with Gasteiger partial charge in [0.15, 0.2) is 0 Å². The van der Waals surface area contributed by atoms with Gasteiger partial charge in [-0.05, 0) is 18.9 Å². The number of hydrogen-bond acceptors (Lipinski definition) is 3. The van der Waals surface area contributed by atoms with Crippen LogP contribution in [0.3, 0.4) is 0 Å². The molecule has 1 aromatic carbocycles. The predicted octanol–water partition coefficient (Wildman–Crippen LogP) is 0.964. The smallest absolute Gasteiger partial charge is 0.220 e. The van der Waals surface area contributed by atoms with Gasteiger partial charge in [0, 0.05) is 12.5 Å². The number of rotatable bonds is 6. The number of benzene rings is 1. The molecule has 1 unspecified atom stereocenters. The van der Waals surface area contributed by atoms with Gasteiger partial charge in [0.25, 0.3) is 0 Å². The highest BCUT2D eigenvalue weighted by Gasteiger charge is 2.13. The van der Waals surface area contributed by atoms with E-state index in [1.54, 1.807) is 0 Å². The van der Waals surface area contributed by atoms with Crippen molar-refractivity contribution in [3.63, 3.8) is 0 Å². The standard InChI is InChI=1S/C13H20N2O2/c1-10(14)7-8-13(17)15-12(9-16)11-5-3-2-4-6-11/h2-6,10,12,16H,7-9,14H2,1H3,(H,15,17)/t10?,12-/m0/s1. The van der Waals surface area contributed by atoms with E-state index in [0.29, 0.717) is 12.8 Å². The summed E-state index contributed by atoms with van der Waals surface area (Å²) in [6, 6.07) is 9.11. The Morgan fingerprint density at radius 1 is 1.41 bits per heavy atom. The van der Waals surface area contributed by atoms with Crippen molar-refractivity contribution in [2.24, 2.45) is 5.73 Å². The van der Waals surface area contributed by atoms with Crippen LogP contribution in [0.25, 0.3) is 0 Å². The first-order chi connectivity index (χ1) is 8.13. The molecular formula is C13H20N2O2. The maximum Gasteiger partial charge on any atom is 0.220 e. The third-order valence-electron chi connectivity index (χ3n) is 2.55. The molecule has 0 aliphatic carbocycles. The molecule has 1 aromatic rings. The summed E-state index contributed by atoms with van der Waals surface area (Å²) >= 11 is 0. The maximum atomic E-state index is 11.6. The molecule has 1 rings (SSSR count). The highest BCUT2D eigenvalue weighted by atomic mass is 16.3. The fourth-order valence-corrected chi connectivity index (χ4v) is 1.54. The molecule has 0 saturated heterocycles. The van der Waals surface area contributed by atoms with Crippen molar-refractivity contribution in [1.29, 1.82) is 0 Å². The summed E-state index contributed by atoms with van der Waals surface area (Å²) < 4.78 is 0. The first-order valence-electron chi connectivity index (χ1n) is 5.84. The number of carbonyl (C=O) groups is 1. The molecule has 4 heteroatoms. The van der Waals surface area contributed by atoms with Gasteiger partial charge in [0.2, 0.25) is 5.91 Å². The van der Waals surface area contributed by atoms with Gasteiger partial charge < -0.3 is 16.2 Å². The minimum atomic E-state index is -0.336. The Morgan fingerprint density at radius 3 is 2.59 bits per heavy atom. The van der Waals surface area contributed by atoms with E-state index < -0.39 is 0 Å². The first-order valence-corrected chi connectivity index (χ1v) is 5.84. The van der Waals surface area contributed by atoms with Crippen LogP contribution in [0.15, 0.2) is 30.3 Å². The average Bonchev–Trinajstić information content (AvgIpc) is 2.34. The van der Waals surface area contributed by atoms with Gasteiger partial charge in [-0.1, -0.05) is 30.3 Å². The summed E-state index contributed by atoms with van der Waals surface area (Å²) in [4.78, 5) is 11.6. The van der Waals surface area contributed by atoms with Gasteiger partial charge >= 0.3 is 0 Å². The molecule has 0 bridgehead atoms. The number of aliphatic hydroxyl groups excluding tert-OH is 1. The van der Waals surface area contributed by atoms with Crippen LogP contribution < -0.4 is 11.1 Å². The van der Waals surface area contributed by atoms with Crippen LogP contribution in [-0.4, -0.2) is 23.7 Å². The lowest BCUT2D eigenvalue weighted by Crippen LogP contribution is -2.31. The summed E-state index contributed by atoms with van der Waals surface area (Å²) in [5, 5.41) is 12.1. The molecule has 0 spiro atoms. The molecule has 0 aromatic heterocycles. The van der Waals surface area contributed by atoms with Crippen molar-refractivity contribution in [3.05, 3.63) is 35.9 Å². The maximum absolute atomic E-state index is 11.6. The van der Waals surface area contributed by atoms with E-state index in [1.807, 2.05) is 37.3 Å². The summed E-state index contributed by atoms with van der Waals surface area (Å²) in [6.07, 6.45) is 1.04. The van der Waals surface area contributed by atoms with Crippen LogP contribution in [0.1, 0.15) is 31.4 Å². The van der Waals surface area contributed by atoms with Gasteiger partial charge in [0.1, 0.15) is 0 Å². The van der Waals surface area contributed by atoms with Crippen LogP contribution in [0.5, 0.6) is 0 Å². The van der Waals surface area contributed by atoms with E-state index in [9.17, 15) is 9.90 Å². The SMILES string of the molecule is CC(N)CCC(=O)N[C@@H](CO)c1ccccc1. The first kappa shape index (κ1) is 13.7. The minimum absolute atomic E-state index is 0.0186. The Labute approximate surface area is 102 Å². The van der Waals surface area contributed by atoms with E-state index in [1.165, 1.54) is 0 Å². The van der Waals surface area contributed by atoms with Gasteiger partial charge in [-0.15, -0.1) is 0 Å². The molecular weight excluding hydrogens is 216 g/mol. The summed E-state index contributed by atoms with van der Waals surface area (Å²) in [5.41, 5.74) is 6.49. The Morgan fingerprint density at radius 2 is 2.06 bits per heavy atom. The molecule has 4 N–H and O–H groups in total. The molecule has 0 aliphatic rings. The molecule has 0 aliphatic heterocycles. The van der Waals surface area contributed by atoms with Crippen molar-refractivity contribution in [2.45, 2.75) is 31.8 Å². The molecule has 17 heavy (non-hydrogen) atoms. The molecule has 0 saturated carbocycles. The van der Waals surface area contributed by atoms with Crippen molar-refractivity contribution >= 4 is 5.91 Å². The molecule has 94 valence electrons. The lowest BCUT2D eigenvalue weighted by atomic mass is 10.1. The highest BCUT2D eigenvalue weighted by molar-refractivity contribution is 5.76. The van der Waals surface area contributed by atoms with Crippen LogP contribution in [0.2, 0.25) is 0 Å². The Balaban J connectivity index is 2.50. The van der Waals surface area contributed by atoms with Crippen molar-refractivity contribution < 1.29 is 9.90 Å². The quantitative estimate of drug-likeness (QED) is 0.688. The van der Waals surface area contributed by atoms with Crippen molar-refractivity contribution in [3.8, 4) is 0 Å². The second kappa shape index (κ2) is 7.04. The van der Waals surface area contributed by atoms with E-state index >= 15 is 0 Å². The lowest BCUT2D eigenvalue weighted by molar-refractivity contribution is -0.122. The van der Waals surface area contributed by atoms with Crippen molar-refractivity contribution in [2.75, 3.05) is 6.61 Å². The Kier molecular flexibility index (Phi) is 5.66. The number of hydrogen-bond donors (Lipinski definition) is 3. The molecule has 0 radical (unpaired) electrons. The largest absolute Gasteiger partial charge is 0.394 e. The number of carbonyl (C=O) groups excluding carboxylic acids is 1. The van der Waals surface area contributed by atoms with E-state index in [-0.39, 0.29) is 24.6 Å². The van der Waals surface area contributed by atoms with Crippen LogP contribution in [-0.2, 0) is 4.79 Å². The summed E-state index contributed by atoms with van der Waals surface area (Å²) in [5.74, 6) is -0.0785. The molecule has 4 nitrogen and oxygen atoms in total. The zero-order valence-corrected chi connectivity index (χ0v) is 10.1. The van der Waals surface area contributed by atoms with Gasteiger partial charge in [-0.25, -0.2) is 0 Å². The predicted molar refractivity (Wildman–Crippen MR) is 67.3 cm³/mol. The number of amides is 1. The zero-order chi connectivity index (χ0) is 12.7. The van der Waals surface area contributed by atoms with Crippen LogP contribution in [0, 0.1) is 0 Å². The zero-order valence-electron chi connectivity index (χ0n) is 10.1. The average molecular weight is 236 g/mol. The molecule has 2 atom stereocenters. The third-order valence-corrected chi connectivity index (χ3v) is 2.55. The third kappa shape index (κ3) is 4.97. The Hall–Kier alpha value is -1.39. The number of nitrogens with two attached hydrogens (primary N) is 1. The minimum Gasteiger partial charge on any atom is -0.394 e. The van der Waals surface area contributed by atoms with Gasteiger partial charge in [-0.3, -0.25) is 4.79 Å². The van der Waals surface area contributed by atoms with Crippen LogP contribution in [0.4, 0.5) is 0 Å².